The Morgan fingerprint density at radius 1 is 1.31 bits per heavy atom. The van der Waals surface area contributed by atoms with E-state index < -0.39 is 11.6 Å². The number of hydrogen-bond acceptors (Lipinski definition) is 1. The Morgan fingerprint density at radius 3 is 2.31 bits per heavy atom. The van der Waals surface area contributed by atoms with Crippen LogP contribution in [0.15, 0.2) is 24.3 Å². The van der Waals surface area contributed by atoms with E-state index in [1.807, 2.05) is 0 Å². The van der Waals surface area contributed by atoms with Gasteiger partial charge in [0.1, 0.15) is 11.6 Å². The fourth-order valence-corrected chi connectivity index (χ4v) is 0.871. The van der Waals surface area contributed by atoms with E-state index in [0.29, 0.717) is 0 Å². The van der Waals surface area contributed by atoms with Gasteiger partial charge in [-0.2, -0.15) is 0 Å². The van der Waals surface area contributed by atoms with Crippen LogP contribution in [0.2, 0.25) is 0 Å². The molecule has 0 unspecified atom stereocenters. The molecule has 0 N–H and O–H groups in total. The molecule has 0 saturated heterocycles. The summed E-state index contributed by atoms with van der Waals surface area (Å²) < 4.78 is 25.8. The van der Waals surface area contributed by atoms with Gasteiger partial charge in [-0.05, 0) is 31.2 Å². The van der Waals surface area contributed by atoms with Crippen LogP contribution in [0.5, 0.6) is 0 Å². The van der Waals surface area contributed by atoms with Gasteiger partial charge in [0.25, 0.3) is 0 Å². The van der Waals surface area contributed by atoms with Gasteiger partial charge in [-0.15, -0.1) is 0 Å². The van der Waals surface area contributed by atoms with Crippen molar-refractivity contribution in [2.24, 2.45) is 0 Å². The third-order valence-electron chi connectivity index (χ3n) is 1.48. The molecule has 0 aliphatic heterocycles. The lowest BCUT2D eigenvalue weighted by molar-refractivity contribution is -0.112. The van der Waals surface area contributed by atoms with Crippen molar-refractivity contribution in [3.8, 4) is 0 Å². The first-order valence-corrected chi connectivity index (χ1v) is 3.74. The van der Waals surface area contributed by atoms with Crippen LogP contribution in [-0.2, 0) is 4.79 Å². The Morgan fingerprint density at radius 2 is 1.85 bits per heavy atom. The molecule has 0 fully saturated rings. The van der Waals surface area contributed by atoms with Crippen LogP contribution >= 0.6 is 0 Å². The fraction of sp³-hybridized carbons (Fsp3) is 0.100. The quantitative estimate of drug-likeness (QED) is 0.642. The Balaban J connectivity index is 3.06. The molecule has 0 aromatic heterocycles. The summed E-state index contributed by atoms with van der Waals surface area (Å²) in [5.41, 5.74) is -0.183. The topological polar surface area (TPSA) is 17.1 Å². The van der Waals surface area contributed by atoms with Crippen molar-refractivity contribution < 1.29 is 13.6 Å². The largest absolute Gasteiger partial charge is 0.295 e. The van der Waals surface area contributed by atoms with Crippen LogP contribution < -0.4 is 0 Å². The maximum absolute atomic E-state index is 12.9. The predicted molar refractivity (Wildman–Crippen MR) is 46.1 cm³/mol. The number of ketones is 1. The molecule has 0 amide bonds. The van der Waals surface area contributed by atoms with Crippen molar-refractivity contribution in [3.63, 3.8) is 0 Å². The zero-order chi connectivity index (χ0) is 9.84. The number of hydrogen-bond donors (Lipinski definition) is 0. The highest BCUT2D eigenvalue weighted by molar-refractivity contribution is 5.91. The van der Waals surface area contributed by atoms with E-state index in [9.17, 15) is 13.6 Å². The third-order valence-corrected chi connectivity index (χ3v) is 1.48. The average Bonchev–Trinajstić information content (AvgIpc) is 2.03. The normalized spacial score (nSPS) is 10.7. The molecule has 0 saturated carbocycles. The maximum Gasteiger partial charge on any atom is 0.152 e. The smallest absolute Gasteiger partial charge is 0.152 e. The lowest BCUT2D eigenvalue weighted by atomic mass is 10.2. The lowest BCUT2D eigenvalue weighted by Crippen LogP contribution is -1.88. The molecule has 1 aromatic rings. The van der Waals surface area contributed by atoms with Gasteiger partial charge in [-0.25, -0.2) is 8.78 Å². The molecular weight excluding hydrogens is 174 g/mol. The molecule has 0 heterocycles. The predicted octanol–water partition coefficient (Wildman–Crippen LogP) is 2.57. The Kier molecular flexibility index (Phi) is 2.90. The highest BCUT2D eigenvalue weighted by atomic mass is 19.1. The van der Waals surface area contributed by atoms with Gasteiger partial charge < -0.3 is 0 Å². The first-order valence-electron chi connectivity index (χ1n) is 3.74. The van der Waals surface area contributed by atoms with Gasteiger partial charge in [0.05, 0.1) is 0 Å². The summed E-state index contributed by atoms with van der Waals surface area (Å²) in [7, 11) is 0. The molecule has 0 spiro atoms. The van der Waals surface area contributed by atoms with Crippen LogP contribution in [0, 0.1) is 11.6 Å². The molecule has 3 heteroatoms. The summed E-state index contributed by atoms with van der Waals surface area (Å²) in [6.07, 6.45) is 2.26. The van der Waals surface area contributed by atoms with E-state index in [0.717, 1.165) is 24.3 Å². The Bertz CT molecular complexity index is 336. The van der Waals surface area contributed by atoms with Crippen molar-refractivity contribution in [1.29, 1.82) is 0 Å². The second-order valence-electron chi connectivity index (χ2n) is 2.58. The zero-order valence-corrected chi connectivity index (χ0v) is 7.05. The van der Waals surface area contributed by atoms with Gasteiger partial charge in [0.2, 0.25) is 0 Å². The van der Waals surface area contributed by atoms with Crippen LogP contribution in [0.3, 0.4) is 0 Å². The number of carbonyl (C=O) groups excluding carboxylic acids is 1. The molecular formula is C10H8F2O. The lowest BCUT2D eigenvalue weighted by Gasteiger charge is -1.96. The van der Waals surface area contributed by atoms with Gasteiger partial charge in [-0.1, -0.05) is 6.07 Å². The number of carbonyl (C=O) groups is 1. The summed E-state index contributed by atoms with van der Waals surface area (Å²) in [6.45, 7) is 1.31. The first kappa shape index (κ1) is 9.58. The highest BCUT2D eigenvalue weighted by Crippen LogP contribution is 2.13. The van der Waals surface area contributed by atoms with Gasteiger partial charge >= 0.3 is 0 Å². The van der Waals surface area contributed by atoms with E-state index in [4.69, 9.17) is 0 Å². The summed E-state index contributed by atoms with van der Waals surface area (Å²) in [4.78, 5) is 10.5. The Hall–Kier alpha value is -1.51. The summed E-state index contributed by atoms with van der Waals surface area (Å²) >= 11 is 0. The summed E-state index contributed by atoms with van der Waals surface area (Å²) in [6, 6.07) is 3.56. The second kappa shape index (κ2) is 3.94. The highest BCUT2D eigenvalue weighted by Gasteiger charge is 2.03. The van der Waals surface area contributed by atoms with E-state index >= 15 is 0 Å². The third kappa shape index (κ3) is 2.47. The minimum absolute atomic E-state index is 0.183. The van der Waals surface area contributed by atoms with E-state index in [2.05, 4.69) is 0 Å². The molecule has 1 aromatic carbocycles. The molecule has 0 bridgehead atoms. The second-order valence-corrected chi connectivity index (χ2v) is 2.58. The van der Waals surface area contributed by atoms with Crippen molar-refractivity contribution in [2.45, 2.75) is 6.92 Å². The van der Waals surface area contributed by atoms with Crippen molar-refractivity contribution in [2.75, 3.05) is 0 Å². The van der Waals surface area contributed by atoms with Crippen molar-refractivity contribution in [1.82, 2.24) is 0 Å². The standard InChI is InChI=1S/C10H8F2O/c1-7(13)5-6-8-9(11)3-2-4-10(8)12/h2-6H,1H3. The van der Waals surface area contributed by atoms with Crippen molar-refractivity contribution >= 4 is 11.9 Å². The minimum Gasteiger partial charge on any atom is -0.295 e. The van der Waals surface area contributed by atoms with Crippen LogP contribution in [0.1, 0.15) is 12.5 Å². The van der Waals surface area contributed by atoms with Gasteiger partial charge in [0.15, 0.2) is 5.78 Å². The first-order chi connectivity index (χ1) is 6.11. The average molecular weight is 182 g/mol. The zero-order valence-electron chi connectivity index (χ0n) is 7.05. The van der Waals surface area contributed by atoms with Crippen LogP contribution in [0.4, 0.5) is 8.78 Å². The van der Waals surface area contributed by atoms with Gasteiger partial charge in [-0.3, -0.25) is 4.79 Å². The number of benzene rings is 1. The summed E-state index contributed by atoms with van der Waals surface area (Å²) in [5.74, 6) is -1.59. The number of rotatable bonds is 2. The maximum atomic E-state index is 12.9. The fourth-order valence-electron chi connectivity index (χ4n) is 0.871. The minimum atomic E-state index is -0.669. The molecule has 0 atom stereocenters. The van der Waals surface area contributed by atoms with Crippen molar-refractivity contribution in [3.05, 3.63) is 41.5 Å². The molecule has 0 aliphatic rings. The van der Waals surface area contributed by atoms with E-state index in [1.54, 1.807) is 0 Å². The molecule has 1 nitrogen and oxygen atoms in total. The molecule has 0 aliphatic carbocycles. The molecule has 0 radical (unpaired) electrons. The van der Waals surface area contributed by atoms with Gasteiger partial charge in [0, 0.05) is 5.56 Å². The Labute approximate surface area is 74.7 Å². The number of halogens is 2. The van der Waals surface area contributed by atoms with Crippen LogP contribution in [-0.4, -0.2) is 5.78 Å². The van der Waals surface area contributed by atoms with E-state index in [-0.39, 0.29) is 11.3 Å². The van der Waals surface area contributed by atoms with E-state index in [1.165, 1.54) is 13.0 Å². The molecule has 1 rings (SSSR count). The number of allylic oxidation sites excluding steroid dienone is 1. The monoisotopic (exact) mass is 182 g/mol. The summed E-state index contributed by atoms with van der Waals surface area (Å²) in [5, 5.41) is 0. The van der Waals surface area contributed by atoms with Crippen LogP contribution in [0.25, 0.3) is 6.08 Å². The molecule has 68 valence electrons. The SMILES string of the molecule is CC(=O)C=Cc1c(F)cccc1F. The molecule has 13 heavy (non-hydrogen) atoms.